The summed E-state index contributed by atoms with van der Waals surface area (Å²) in [6.45, 7) is 0. The molecule has 0 unspecified atom stereocenters. The van der Waals surface area contributed by atoms with Crippen LogP contribution in [0.3, 0.4) is 0 Å². The lowest BCUT2D eigenvalue weighted by Gasteiger charge is -1.95. The Bertz CT molecular complexity index is 439. The van der Waals surface area contributed by atoms with Crippen LogP contribution < -0.4 is 5.73 Å². The van der Waals surface area contributed by atoms with Crippen LogP contribution in [0.5, 0.6) is 0 Å². The highest BCUT2D eigenvalue weighted by atomic mass is 18.2. The van der Waals surface area contributed by atoms with E-state index in [1.54, 1.807) is 30.5 Å². The van der Waals surface area contributed by atoms with Gasteiger partial charge in [-0.15, -0.1) is 0 Å². The summed E-state index contributed by atoms with van der Waals surface area (Å²) < 4.78 is 12.6. The van der Waals surface area contributed by atoms with Crippen molar-refractivity contribution in [3.63, 3.8) is 0 Å². The second-order valence-corrected chi connectivity index (χ2v) is 3.40. The maximum absolute atomic E-state index is 12.6. The van der Waals surface area contributed by atoms with Crippen LogP contribution in [-0.2, 0) is 0 Å². The SMILES string of the molecule is Nc1ccc(N=Cc2ccc([18F])cc2)cc1. The van der Waals surface area contributed by atoms with Crippen LogP contribution in [0.2, 0.25) is 0 Å². The number of hydrogen-bond donors (Lipinski definition) is 1. The van der Waals surface area contributed by atoms with Crippen molar-refractivity contribution in [2.45, 2.75) is 0 Å². The summed E-state index contributed by atoms with van der Waals surface area (Å²) in [5.74, 6) is -0.246. The Hall–Kier alpha value is -2.16. The molecular formula is C13H11FN2. The highest BCUT2D eigenvalue weighted by Crippen LogP contribution is 2.13. The largest absolute Gasteiger partial charge is 0.399 e. The van der Waals surface area contributed by atoms with Gasteiger partial charge in [0.1, 0.15) is 5.82 Å². The molecule has 0 spiro atoms. The first-order valence-corrected chi connectivity index (χ1v) is 4.89. The highest BCUT2D eigenvalue weighted by molar-refractivity contribution is 5.81. The van der Waals surface area contributed by atoms with Crippen molar-refractivity contribution in [3.05, 3.63) is 59.9 Å². The molecule has 2 aromatic carbocycles. The van der Waals surface area contributed by atoms with E-state index >= 15 is 0 Å². The Labute approximate surface area is 93.3 Å². The number of aliphatic imine (C=N–C) groups is 1. The predicted molar refractivity (Wildman–Crippen MR) is 64.5 cm³/mol. The van der Waals surface area contributed by atoms with Gasteiger partial charge in [-0.2, -0.15) is 0 Å². The van der Waals surface area contributed by atoms with Crippen molar-refractivity contribution in [3.8, 4) is 0 Å². The van der Waals surface area contributed by atoms with Gasteiger partial charge in [0, 0.05) is 11.9 Å². The average Bonchev–Trinajstić information content (AvgIpc) is 2.30. The Balaban J connectivity index is 2.15. The van der Waals surface area contributed by atoms with Gasteiger partial charge >= 0.3 is 0 Å². The molecule has 3 heteroatoms. The van der Waals surface area contributed by atoms with E-state index in [4.69, 9.17) is 5.73 Å². The summed E-state index contributed by atoms with van der Waals surface area (Å²) in [5.41, 5.74) is 7.94. The van der Waals surface area contributed by atoms with Gasteiger partial charge in [0.05, 0.1) is 5.69 Å². The van der Waals surface area contributed by atoms with E-state index in [0.717, 1.165) is 11.3 Å². The van der Waals surface area contributed by atoms with Crippen LogP contribution in [0.4, 0.5) is 15.8 Å². The maximum Gasteiger partial charge on any atom is 0.123 e. The molecule has 0 aromatic heterocycles. The number of nitrogens with two attached hydrogens (primary N) is 1. The van der Waals surface area contributed by atoms with Crippen LogP contribution in [0, 0.1) is 5.82 Å². The lowest BCUT2D eigenvalue weighted by Crippen LogP contribution is -1.82. The molecule has 0 radical (unpaired) electrons. The third-order valence-electron chi connectivity index (χ3n) is 2.13. The van der Waals surface area contributed by atoms with Gasteiger partial charge in [0.25, 0.3) is 0 Å². The van der Waals surface area contributed by atoms with Gasteiger partial charge in [0.15, 0.2) is 0 Å². The molecule has 2 aromatic rings. The zero-order valence-corrected chi connectivity index (χ0v) is 8.60. The predicted octanol–water partition coefficient (Wildman–Crippen LogP) is 3.16. The van der Waals surface area contributed by atoms with Crippen molar-refractivity contribution in [2.24, 2.45) is 4.99 Å². The van der Waals surface area contributed by atoms with Crippen LogP contribution in [-0.4, -0.2) is 6.21 Å². The molecular weight excluding hydrogens is 202 g/mol. The Morgan fingerprint density at radius 3 is 2.19 bits per heavy atom. The van der Waals surface area contributed by atoms with Gasteiger partial charge in [-0.25, -0.2) is 4.39 Å². The van der Waals surface area contributed by atoms with Crippen molar-refractivity contribution in [2.75, 3.05) is 5.73 Å². The molecule has 16 heavy (non-hydrogen) atoms. The minimum absolute atomic E-state index is 0.246. The second-order valence-electron chi connectivity index (χ2n) is 3.40. The van der Waals surface area contributed by atoms with Gasteiger partial charge in [0.2, 0.25) is 0 Å². The van der Waals surface area contributed by atoms with Gasteiger partial charge in [-0.3, -0.25) is 4.99 Å². The molecule has 2 nitrogen and oxygen atoms in total. The third-order valence-corrected chi connectivity index (χ3v) is 2.13. The van der Waals surface area contributed by atoms with E-state index in [0.29, 0.717) is 5.69 Å². The first kappa shape index (κ1) is 10.4. The molecule has 0 atom stereocenters. The number of halogens is 1. The lowest BCUT2D eigenvalue weighted by atomic mass is 10.2. The Morgan fingerprint density at radius 2 is 1.56 bits per heavy atom. The molecule has 0 saturated carbocycles. The van der Waals surface area contributed by atoms with Crippen molar-refractivity contribution in [1.29, 1.82) is 0 Å². The van der Waals surface area contributed by atoms with E-state index in [-0.39, 0.29) is 5.82 Å². The second kappa shape index (κ2) is 4.57. The maximum atomic E-state index is 12.6. The molecule has 2 rings (SSSR count). The number of rotatable bonds is 2. The first-order valence-electron chi connectivity index (χ1n) is 4.89. The average molecular weight is 213 g/mol. The lowest BCUT2D eigenvalue weighted by molar-refractivity contribution is 0.628. The monoisotopic (exact) mass is 213 g/mol. The van der Waals surface area contributed by atoms with Crippen molar-refractivity contribution >= 4 is 17.6 Å². The van der Waals surface area contributed by atoms with Crippen molar-refractivity contribution in [1.82, 2.24) is 0 Å². The van der Waals surface area contributed by atoms with Crippen molar-refractivity contribution < 1.29 is 4.39 Å². The number of anilines is 1. The summed E-state index contributed by atoms with van der Waals surface area (Å²) in [5, 5.41) is 0. The molecule has 0 aliphatic heterocycles. The normalized spacial score (nSPS) is 10.8. The van der Waals surface area contributed by atoms with E-state index in [2.05, 4.69) is 4.99 Å². The van der Waals surface area contributed by atoms with Gasteiger partial charge < -0.3 is 5.73 Å². The zero-order chi connectivity index (χ0) is 11.4. The minimum atomic E-state index is -0.246. The first-order chi connectivity index (χ1) is 7.74. The van der Waals surface area contributed by atoms with Crippen LogP contribution in [0.15, 0.2) is 53.5 Å². The van der Waals surface area contributed by atoms with Gasteiger partial charge in [-0.1, -0.05) is 12.1 Å². The van der Waals surface area contributed by atoms with Crippen LogP contribution in [0.1, 0.15) is 5.56 Å². The van der Waals surface area contributed by atoms with E-state index < -0.39 is 0 Å². The summed E-state index contributed by atoms with van der Waals surface area (Å²) >= 11 is 0. The molecule has 0 saturated heterocycles. The zero-order valence-electron chi connectivity index (χ0n) is 8.60. The van der Waals surface area contributed by atoms with E-state index in [9.17, 15) is 4.39 Å². The molecule has 0 fully saturated rings. The number of nitrogen functional groups attached to an aromatic ring is 1. The van der Waals surface area contributed by atoms with E-state index in [1.165, 1.54) is 12.1 Å². The van der Waals surface area contributed by atoms with Gasteiger partial charge in [-0.05, 0) is 42.0 Å². The number of nitrogens with zero attached hydrogens (tertiary/aromatic N) is 1. The standard InChI is InChI=1S/C13H11FN2/c14-11-3-1-10(2-4-11)9-16-13-7-5-12(15)6-8-13/h1-9H,15H2/i14-1. The summed E-state index contributed by atoms with van der Waals surface area (Å²) in [6, 6.07) is 13.4. The molecule has 0 amide bonds. The molecule has 0 aliphatic carbocycles. The molecule has 0 heterocycles. The van der Waals surface area contributed by atoms with Crippen LogP contribution in [0.25, 0.3) is 0 Å². The number of benzene rings is 2. The fraction of sp³-hybridized carbons (Fsp3) is 0. The topological polar surface area (TPSA) is 38.4 Å². The quantitative estimate of drug-likeness (QED) is 0.604. The smallest absolute Gasteiger partial charge is 0.123 e. The Kier molecular flexibility index (Phi) is 2.96. The number of hydrogen-bond acceptors (Lipinski definition) is 2. The minimum Gasteiger partial charge on any atom is -0.399 e. The molecule has 0 aliphatic rings. The highest BCUT2D eigenvalue weighted by Gasteiger charge is 1.91. The van der Waals surface area contributed by atoms with E-state index in [1.807, 2.05) is 12.1 Å². The fourth-order valence-corrected chi connectivity index (χ4v) is 1.26. The summed E-state index contributed by atoms with van der Waals surface area (Å²) in [7, 11) is 0. The molecule has 80 valence electrons. The summed E-state index contributed by atoms with van der Waals surface area (Å²) in [4.78, 5) is 4.24. The fourth-order valence-electron chi connectivity index (χ4n) is 1.26. The molecule has 2 N–H and O–H groups in total. The third kappa shape index (κ3) is 2.67. The molecule has 0 bridgehead atoms. The Morgan fingerprint density at radius 1 is 0.938 bits per heavy atom. The summed E-state index contributed by atoms with van der Waals surface area (Å²) in [6.07, 6.45) is 1.69. The van der Waals surface area contributed by atoms with Crippen LogP contribution >= 0.6 is 0 Å².